The molecular formula is C33H43F3N2O3. The molecule has 0 radical (unpaired) electrons. The molecular weight excluding hydrogens is 529 g/mol. The summed E-state index contributed by atoms with van der Waals surface area (Å²) in [6.07, 6.45) is 2.05. The van der Waals surface area contributed by atoms with Crippen LogP contribution in [0, 0.1) is 56.2 Å². The summed E-state index contributed by atoms with van der Waals surface area (Å²) in [5.74, 6) is -2.02. The average molecular weight is 573 g/mol. The Balaban J connectivity index is 1.63. The van der Waals surface area contributed by atoms with Crippen molar-refractivity contribution in [2.45, 2.75) is 112 Å². The lowest BCUT2D eigenvalue weighted by Crippen LogP contribution is -2.69. The number of nitrogens with one attached hydrogen (secondary N) is 1. The first-order chi connectivity index (χ1) is 18.7. The van der Waals surface area contributed by atoms with Crippen molar-refractivity contribution >= 4 is 17.5 Å². The third-order valence-electron chi connectivity index (χ3n) is 12.6. The Morgan fingerprint density at radius 2 is 1.66 bits per heavy atom. The zero-order chi connectivity index (χ0) is 30.6. The van der Waals surface area contributed by atoms with Gasteiger partial charge in [0.1, 0.15) is 12.5 Å². The fourth-order valence-electron chi connectivity index (χ4n) is 10.4. The molecule has 5 aliphatic carbocycles. The van der Waals surface area contributed by atoms with E-state index in [1.165, 1.54) is 0 Å². The number of carbonyl (C=O) groups excluding carboxylic acids is 3. The molecule has 0 saturated heterocycles. The molecule has 0 bridgehead atoms. The van der Waals surface area contributed by atoms with Gasteiger partial charge in [-0.05, 0) is 79.1 Å². The van der Waals surface area contributed by atoms with Crippen LogP contribution in [-0.4, -0.2) is 29.2 Å². The molecule has 41 heavy (non-hydrogen) atoms. The molecule has 5 rings (SSSR count). The predicted octanol–water partition coefficient (Wildman–Crippen LogP) is 7.03. The monoisotopic (exact) mass is 572 g/mol. The number of rotatable bonds is 2. The maximum Gasteiger partial charge on any atom is 0.397 e. The molecule has 0 spiro atoms. The molecule has 8 heteroatoms. The summed E-state index contributed by atoms with van der Waals surface area (Å²) in [5, 5.41) is 12.7. The zero-order valence-corrected chi connectivity index (χ0v) is 25.3. The number of Topliss-reactive ketones (excluding diaryl/α,β-unsaturated/α-hetero) is 1. The van der Waals surface area contributed by atoms with Gasteiger partial charge in [-0.2, -0.15) is 18.4 Å². The van der Waals surface area contributed by atoms with E-state index in [0.29, 0.717) is 25.7 Å². The highest BCUT2D eigenvalue weighted by molar-refractivity contribution is 6.04. The Hall–Kier alpha value is -2.43. The first kappa shape index (κ1) is 30.0. The highest BCUT2D eigenvalue weighted by Crippen LogP contribution is 2.73. The number of hydrogen-bond donors (Lipinski definition) is 1. The van der Waals surface area contributed by atoms with Gasteiger partial charge < -0.3 is 5.32 Å². The second-order valence-electron chi connectivity index (χ2n) is 15.8. The van der Waals surface area contributed by atoms with Gasteiger partial charge in [0, 0.05) is 22.3 Å². The number of hydrogen-bond acceptors (Lipinski definition) is 4. The number of allylic oxidation sites excluding steroid dienone is 4. The summed E-state index contributed by atoms with van der Waals surface area (Å²) < 4.78 is 39.5. The molecule has 7 unspecified atom stereocenters. The van der Waals surface area contributed by atoms with Crippen LogP contribution in [0.4, 0.5) is 13.2 Å². The van der Waals surface area contributed by atoms with Gasteiger partial charge in [-0.1, -0.05) is 60.1 Å². The van der Waals surface area contributed by atoms with Crippen LogP contribution in [0.1, 0.15) is 99.8 Å². The van der Waals surface area contributed by atoms with Crippen LogP contribution in [0.25, 0.3) is 0 Å². The molecule has 224 valence electrons. The van der Waals surface area contributed by atoms with Crippen LogP contribution in [0.5, 0.6) is 0 Å². The lowest BCUT2D eigenvalue weighted by atomic mass is 9.35. The van der Waals surface area contributed by atoms with E-state index in [9.17, 15) is 32.8 Å². The topological polar surface area (TPSA) is 87.0 Å². The van der Waals surface area contributed by atoms with Gasteiger partial charge in [0.15, 0.2) is 11.6 Å². The third-order valence-corrected chi connectivity index (χ3v) is 12.6. The van der Waals surface area contributed by atoms with Crippen molar-refractivity contribution in [3.05, 3.63) is 23.3 Å². The van der Waals surface area contributed by atoms with Gasteiger partial charge in [-0.25, -0.2) is 0 Å². The van der Waals surface area contributed by atoms with Gasteiger partial charge in [0.25, 0.3) is 0 Å². The minimum Gasteiger partial charge on any atom is -0.350 e. The van der Waals surface area contributed by atoms with E-state index in [1.807, 2.05) is 13.8 Å². The lowest BCUT2D eigenvalue weighted by molar-refractivity contribution is -0.170. The zero-order valence-electron chi connectivity index (χ0n) is 25.3. The molecule has 0 aromatic heterocycles. The fourth-order valence-corrected chi connectivity index (χ4v) is 10.4. The van der Waals surface area contributed by atoms with Crippen LogP contribution in [-0.2, 0) is 14.4 Å². The number of nitrogens with zero attached hydrogens (tertiary/aromatic N) is 1. The van der Waals surface area contributed by atoms with Crippen molar-refractivity contribution in [2.75, 3.05) is 0 Å². The predicted molar refractivity (Wildman–Crippen MR) is 148 cm³/mol. The molecule has 5 nitrogen and oxygen atoms in total. The van der Waals surface area contributed by atoms with E-state index < -0.39 is 51.6 Å². The average Bonchev–Trinajstić information content (AvgIpc) is 2.82. The van der Waals surface area contributed by atoms with Gasteiger partial charge in [0.2, 0.25) is 5.91 Å². The van der Waals surface area contributed by atoms with Crippen molar-refractivity contribution < 1.29 is 27.6 Å². The minimum atomic E-state index is -4.60. The first-order valence-corrected chi connectivity index (χ1v) is 15.0. The van der Waals surface area contributed by atoms with E-state index in [0.717, 1.165) is 24.8 Å². The van der Waals surface area contributed by atoms with Crippen molar-refractivity contribution in [1.82, 2.24) is 5.32 Å². The number of halogens is 3. The maximum absolute atomic E-state index is 14.4. The second-order valence-corrected chi connectivity index (χ2v) is 15.8. The van der Waals surface area contributed by atoms with Crippen molar-refractivity contribution in [1.29, 1.82) is 5.26 Å². The summed E-state index contributed by atoms with van der Waals surface area (Å²) >= 11 is 0. The largest absolute Gasteiger partial charge is 0.397 e. The number of fused-ring (bicyclic) bond motifs is 7. The standard InChI is InChI=1S/C33H43F3N2O3/c1-27(2)10-12-32(38-24(40)17-33(34,35)36)13-11-31(7)25(20(32)16-27)21(39)14-23-29(5)15-19(18-37)26(41)28(3,4)22(29)8-9-30(23,31)6/h14-15,20,22,25H,8-13,16-17H2,1-7H3,(H,38,40). The number of amides is 1. The SMILES string of the molecule is CC1(C)CCC2(NC(=O)CC(F)(F)F)CCC3(C)C(C(=O)C=C4C5(C)C=C(C#N)C(=O)C(C)(C)C5CCC43C)C2C1. The summed E-state index contributed by atoms with van der Waals surface area (Å²) in [5.41, 5.74) is -2.18. The molecule has 3 fully saturated rings. The molecule has 0 aliphatic heterocycles. The van der Waals surface area contributed by atoms with Gasteiger partial charge in [-0.3, -0.25) is 14.4 Å². The second kappa shape index (κ2) is 8.80. The quantitative estimate of drug-likeness (QED) is 0.385. The van der Waals surface area contributed by atoms with Crippen LogP contribution < -0.4 is 5.32 Å². The van der Waals surface area contributed by atoms with Gasteiger partial charge in [-0.15, -0.1) is 0 Å². The lowest BCUT2D eigenvalue weighted by Gasteiger charge is -2.69. The van der Waals surface area contributed by atoms with Crippen LogP contribution in [0.2, 0.25) is 0 Å². The Kier molecular flexibility index (Phi) is 6.45. The highest BCUT2D eigenvalue weighted by atomic mass is 19.4. The summed E-state index contributed by atoms with van der Waals surface area (Å²) in [6.45, 7) is 14.5. The molecule has 0 aromatic rings. The number of carbonyl (C=O) groups is 3. The molecule has 0 aromatic carbocycles. The summed E-state index contributed by atoms with van der Waals surface area (Å²) in [4.78, 5) is 40.4. The van der Waals surface area contributed by atoms with Crippen molar-refractivity contribution in [3.63, 3.8) is 0 Å². The van der Waals surface area contributed by atoms with E-state index in [4.69, 9.17) is 0 Å². The van der Waals surface area contributed by atoms with Crippen LogP contribution in [0.15, 0.2) is 23.3 Å². The van der Waals surface area contributed by atoms with E-state index in [-0.39, 0.29) is 34.4 Å². The number of nitriles is 1. The number of alkyl halides is 3. The normalized spacial score (nSPS) is 42.8. The molecule has 5 aliphatic rings. The van der Waals surface area contributed by atoms with E-state index in [2.05, 4.69) is 46.0 Å². The van der Waals surface area contributed by atoms with Gasteiger partial charge in [0.05, 0.1) is 5.57 Å². The Morgan fingerprint density at radius 3 is 2.27 bits per heavy atom. The van der Waals surface area contributed by atoms with Gasteiger partial charge >= 0.3 is 6.18 Å². The van der Waals surface area contributed by atoms with E-state index >= 15 is 0 Å². The summed E-state index contributed by atoms with van der Waals surface area (Å²) in [7, 11) is 0. The Labute approximate surface area is 241 Å². The van der Waals surface area contributed by atoms with Crippen molar-refractivity contribution in [2.24, 2.45) is 44.8 Å². The third kappa shape index (κ3) is 4.19. The van der Waals surface area contributed by atoms with E-state index in [1.54, 1.807) is 12.2 Å². The molecule has 3 saturated carbocycles. The first-order valence-electron chi connectivity index (χ1n) is 15.0. The van der Waals surface area contributed by atoms with Crippen LogP contribution in [0.3, 0.4) is 0 Å². The molecule has 7 atom stereocenters. The fraction of sp³-hybridized carbons (Fsp3) is 0.758. The maximum atomic E-state index is 14.4. The number of ketones is 2. The highest BCUT2D eigenvalue weighted by Gasteiger charge is 2.70. The molecule has 1 N–H and O–H groups in total. The van der Waals surface area contributed by atoms with Crippen LogP contribution >= 0.6 is 0 Å². The minimum absolute atomic E-state index is 0.0414. The molecule has 0 heterocycles. The molecule has 1 amide bonds. The summed E-state index contributed by atoms with van der Waals surface area (Å²) in [6, 6.07) is 2.12. The Morgan fingerprint density at radius 1 is 1.02 bits per heavy atom. The smallest absolute Gasteiger partial charge is 0.350 e. The Bertz CT molecular complexity index is 1320. The van der Waals surface area contributed by atoms with Crippen molar-refractivity contribution in [3.8, 4) is 6.07 Å².